The van der Waals surface area contributed by atoms with E-state index in [0.29, 0.717) is 6.42 Å². The highest BCUT2D eigenvalue weighted by atomic mass is 16.3. The number of benzene rings is 3. The van der Waals surface area contributed by atoms with Gasteiger partial charge >= 0.3 is 0 Å². The van der Waals surface area contributed by atoms with Gasteiger partial charge in [-0.2, -0.15) is 0 Å². The predicted molar refractivity (Wildman–Crippen MR) is 129 cm³/mol. The summed E-state index contributed by atoms with van der Waals surface area (Å²) in [6.45, 7) is 1.92. The molecular formula is C28H33NO3. The molecule has 0 saturated carbocycles. The number of aryl methyl sites for hydroxylation is 1. The van der Waals surface area contributed by atoms with Crippen molar-refractivity contribution in [3.05, 3.63) is 90.0 Å². The predicted octanol–water partition coefficient (Wildman–Crippen LogP) is 5.13. The molecule has 3 aromatic carbocycles. The van der Waals surface area contributed by atoms with Crippen LogP contribution in [0.1, 0.15) is 37.3 Å². The molecule has 0 fully saturated rings. The summed E-state index contributed by atoms with van der Waals surface area (Å²) in [5.74, 6) is 0.149. The Balaban J connectivity index is 1.47. The summed E-state index contributed by atoms with van der Waals surface area (Å²) in [7, 11) is 0. The van der Waals surface area contributed by atoms with Gasteiger partial charge in [-0.3, -0.25) is 4.79 Å². The van der Waals surface area contributed by atoms with Crippen LogP contribution in [0.4, 0.5) is 0 Å². The third kappa shape index (κ3) is 6.96. The lowest BCUT2D eigenvalue weighted by Crippen LogP contribution is -2.42. The standard InChI is InChI=1S/C28H33NO3/c1-2-23(28(32)29-26(20-30)19-22-13-17-27(31)18-14-22)10-6-7-21-11-15-25(16-12-21)24-8-4-3-5-9-24/h3-5,8-9,11-18,23,26,30-31H,2,6-7,10,19-20H2,1H3,(H,29,32)/t23-,26+/m1/s1. The van der Waals surface area contributed by atoms with Crippen LogP contribution in [0.25, 0.3) is 11.1 Å². The summed E-state index contributed by atoms with van der Waals surface area (Å²) in [6, 6.07) is 25.5. The molecule has 0 aromatic heterocycles. The fourth-order valence-electron chi connectivity index (χ4n) is 3.96. The number of carbonyl (C=O) groups excluding carboxylic acids is 1. The van der Waals surface area contributed by atoms with Crippen LogP contribution in [0.3, 0.4) is 0 Å². The molecule has 168 valence electrons. The zero-order valence-corrected chi connectivity index (χ0v) is 18.7. The molecule has 3 rings (SSSR count). The van der Waals surface area contributed by atoms with E-state index in [-0.39, 0.29) is 30.2 Å². The SMILES string of the molecule is CC[C@H](CCCc1ccc(-c2ccccc2)cc1)C(=O)N[C@H](CO)Cc1ccc(O)cc1. The average Bonchev–Trinajstić information content (AvgIpc) is 2.83. The van der Waals surface area contributed by atoms with Crippen LogP contribution in [0.15, 0.2) is 78.9 Å². The fraction of sp³-hybridized carbons (Fsp3) is 0.321. The maximum absolute atomic E-state index is 12.8. The zero-order chi connectivity index (χ0) is 22.8. The summed E-state index contributed by atoms with van der Waals surface area (Å²) in [5.41, 5.74) is 4.67. The largest absolute Gasteiger partial charge is 0.508 e. The highest BCUT2D eigenvalue weighted by Gasteiger charge is 2.20. The lowest BCUT2D eigenvalue weighted by Gasteiger charge is -2.21. The molecule has 32 heavy (non-hydrogen) atoms. The maximum atomic E-state index is 12.8. The summed E-state index contributed by atoms with van der Waals surface area (Å²) in [6.07, 6.45) is 4.01. The molecular weight excluding hydrogens is 398 g/mol. The number of aliphatic hydroxyl groups is 1. The number of phenols is 1. The van der Waals surface area contributed by atoms with E-state index in [1.54, 1.807) is 12.1 Å². The molecule has 4 heteroatoms. The molecule has 0 saturated heterocycles. The molecule has 0 aliphatic heterocycles. The van der Waals surface area contributed by atoms with Gasteiger partial charge in [0.25, 0.3) is 0 Å². The number of amides is 1. The van der Waals surface area contributed by atoms with E-state index in [1.165, 1.54) is 16.7 Å². The minimum atomic E-state index is -0.327. The first-order valence-corrected chi connectivity index (χ1v) is 11.4. The molecule has 4 nitrogen and oxygen atoms in total. The summed E-state index contributed by atoms with van der Waals surface area (Å²) in [5, 5.41) is 22.1. The summed E-state index contributed by atoms with van der Waals surface area (Å²) < 4.78 is 0. The summed E-state index contributed by atoms with van der Waals surface area (Å²) >= 11 is 0. The fourth-order valence-corrected chi connectivity index (χ4v) is 3.96. The average molecular weight is 432 g/mol. The first-order valence-electron chi connectivity index (χ1n) is 11.4. The van der Waals surface area contributed by atoms with Crippen molar-refractivity contribution in [2.75, 3.05) is 6.61 Å². The Morgan fingerprint density at radius 2 is 1.50 bits per heavy atom. The van der Waals surface area contributed by atoms with Crippen LogP contribution in [0.2, 0.25) is 0 Å². The van der Waals surface area contributed by atoms with Crippen LogP contribution >= 0.6 is 0 Å². The van der Waals surface area contributed by atoms with Gasteiger partial charge in [0.05, 0.1) is 12.6 Å². The van der Waals surface area contributed by atoms with Gasteiger partial charge in [0, 0.05) is 5.92 Å². The Morgan fingerprint density at radius 1 is 0.875 bits per heavy atom. The van der Waals surface area contributed by atoms with Gasteiger partial charge in [-0.1, -0.05) is 73.7 Å². The van der Waals surface area contributed by atoms with Crippen LogP contribution in [0, 0.1) is 5.92 Å². The van der Waals surface area contributed by atoms with Gasteiger partial charge in [-0.25, -0.2) is 0 Å². The Hall–Kier alpha value is -3.11. The van der Waals surface area contributed by atoms with E-state index in [1.807, 2.05) is 37.3 Å². The number of nitrogens with one attached hydrogen (secondary N) is 1. The maximum Gasteiger partial charge on any atom is 0.223 e. The number of aliphatic hydroxyl groups excluding tert-OH is 1. The Labute approximate surface area is 190 Å². The monoisotopic (exact) mass is 431 g/mol. The second-order valence-corrected chi connectivity index (χ2v) is 8.32. The first kappa shape index (κ1) is 23.6. The quantitative estimate of drug-likeness (QED) is 0.394. The van der Waals surface area contributed by atoms with Crippen molar-refractivity contribution in [3.8, 4) is 16.9 Å². The van der Waals surface area contributed by atoms with Crippen molar-refractivity contribution >= 4 is 5.91 Å². The van der Waals surface area contributed by atoms with Crippen LogP contribution in [-0.4, -0.2) is 28.8 Å². The first-order chi connectivity index (χ1) is 15.6. The van der Waals surface area contributed by atoms with E-state index in [2.05, 4.69) is 41.7 Å². The number of phenolic OH excluding ortho intramolecular Hbond substituents is 1. The number of aromatic hydroxyl groups is 1. The number of hydrogen-bond acceptors (Lipinski definition) is 3. The van der Waals surface area contributed by atoms with Gasteiger partial charge in [-0.15, -0.1) is 0 Å². The molecule has 0 heterocycles. The van der Waals surface area contributed by atoms with E-state index >= 15 is 0 Å². The normalized spacial score (nSPS) is 12.8. The second-order valence-electron chi connectivity index (χ2n) is 8.32. The van der Waals surface area contributed by atoms with Gasteiger partial charge in [-0.05, 0) is 66.5 Å². The van der Waals surface area contributed by atoms with Crippen molar-refractivity contribution < 1.29 is 15.0 Å². The molecule has 0 aliphatic rings. The Bertz CT molecular complexity index is 952. The van der Waals surface area contributed by atoms with Gasteiger partial charge in [0.15, 0.2) is 0 Å². The zero-order valence-electron chi connectivity index (χ0n) is 18.7. The molecule has 0 spiro atoms. The molecule has 0 radical (unpaired) electrons. The van der Waals surface area contributed by atoms with Crippen LogP contribution in [-0.2, 0) is 17.6 Å². The number of hydrogen-bond donors (Lipinski definition) is 3. The van der Waals surface area contributed by atoms with Crippen LogP contribution in [0.5, 0.6) is 5.75 Å². The van der Waals surface area contributed by atoms with Crippen LogP contribution < -0.4 is 5.32 Å². The molecule has 3 N–H and O–H groups in total. The minimum Gasteiger partial charge on any atom is -0.508 e. The smallest absolute Gasteiger partial charge is 0.223 e. The molecule has 1 amide bonds. The highest BCUT2D eigenvalue weighted by molar-refractivity contribution is 5.78. The lowest BCUT2D eigenvalue weighted by molar-refractivity contribution is -0.126. The Morgan fingerprint density at radius 3 is 2.12 bits per heavy atom. The van der Waals surface area contributed by atoms with Crippen molar-refractivity contribution in [2.24, 2.45) is 5.92 Å². The Kier molecular flexibility index (Phi) is 8.88. The highest BCUT2D eigenvalue weighted by Crippen LogP contribution is 2.21. The van der Waals surface area contributed by atoms with Crippen molar-refractivity contribution in [3.63, 3.8) is 0 Å². The number of rotatable bonds is 11. The van der Waals surface area contributed by atoms with E-state index in [9.17, 15) is 15.0 Å². The molecule has 2 atom stereocenters. The van der Waals surface area contributed by atoms with E-state index < -0.39 is 0 Å². The second kappa shape index (κ2) is 12.1. The van der Waals surface area contributed by atoms with Gasteiger partial charge in [0.1, 0.15) is 5.75 Å². The van der Waals surface area contributed by atoms with E-state index in [0.717, 1.165) is 31.2 Å². The van der Waals surface area contributed by atoms with Crippen molar-refractivity contribution in [1.82, 2.24) is 5.32 Å². The lowest BCUT2D eigenvalue weighted by atomic mass is 9.95. The molecule has 3 aromatic rings. The molecule has 0 bridgehead atoms. The molecule has 0 aliphatic carbocycles. The van der Waals surface area contributed by atoms with Crippen molar-refractivity contribution in [2.45, 2.75) is 45.1 Å². The number of carbonyl (C=O) groups is 1. The van der Waals surface area contributed by atoms with Gasteiger partial charge in [0.2, 0.25) is 5.91 Å². The molecule has 0 unspecified atom stereocenters. The third-order valence-corrected chi connectivity index (χ3v) is 5.93. The summed E-state index contributed by atoms with van der Waals surface area (Å²) in [4.78, 5) is 12.8. The van der Waals surface area contributed by atoms with Gasteiger partial charge < -0.3 is 15.5 Å². The third-order valence-electron chi connectivity index (χ3n) is 5.93. The minimum absolute atomic E-state index is 0.00440. The topological polar surface area (TPSA) is 69.6 Å². The van der Waals surface area contributed by atoms with E-state index in [4.69, 9.17) is 0 Å². The van der Waals surface area contributed by atoms with Crippen molar-refractivity contribution in [1.29, 1.82) is 0 Å².